The van der Waals surface area contributed by atoms with E-state index in [1.165, 1.54) is 39.9 Å². The predicted octanol–water partition coefficient (Wildman–Crippen LogP) is 2.49. The van der Waals surface area contributed by atoms with Gasteiger partial charge in [-0.25, -0.2) is 13.4 Å². The topological polar surface area (TPSA) is 79.4 Å². The number of hydrogen-bond acceptors (Lipinski definition) is 5. The first-order chi connectivity index (χ1) is 11.0. The molecule has 0 spiro atoms. The predicted molar refractivity (Wildman–Crippen MR) is 89.2 cm³/mol. The zero-order valence-corrected chi connectivity index (χ0v) is 14.3. The lowest BCUT2D eigenvalue weighted by atomic mass is 10.2. The summed E-state index contributed by atoms with van der Waals surface area (Å²) in [7, 11) is -3.45. The average molecular weight is 351 g/mol. The van der Waals surface area contributed by atoms with Crippen molar-refractivity contribution in [2.45, 2.75) is 24.7 Å². The quantitative estimate of drug-likeness (QED) is 0.918. The summed E-state index contributed by atoms with van der Waals surface area (Å²) in [5.41, 5.74) is 0.401. The highest BCUT2D eigenvalue weighted by atomic mass is 32.2. The van der Waals surface area contributed by atoms with Crippen LogP contribution in [0.5, 0.6) is 0 Å². The summed E-state index contributed by atoms with van der Waals surface area (Å²) >= 11 is 1.39. The van der Waals surface area contributed by atoms with Crippen LogP contribution in [0.15, 0.2) is 35.4 Å². The van der Waals surface area contributed by atoms with Gasteiger partial charge in [-0.2, -0.15) is 4.31 Å². The van der Waals surface area contributed by atoms with Crippen LogP contribution in [-0.4, -0.2) is 36.7 Å². The fraction of sp³-hybridized carbons (Fsp3) is 0.333. The second-order valence-electron chi connectivity index (χ2n) is 5.37. The molecule has 1 N–H and O–H groups in total. The Hall–Kier alpha value is -1.77. The lowest BCUT2D eigenvalue weighted by molar-refractivity contribution is 0.102. The average Bonchev–Trinajstić information content (AvgIpc) is 3.19. The van der Waals surface area contributed by atoms with E-state index in [1.807, 2.05) is 6.92 Å². The van der Waals surface area contributed by atoms with Gasteiger partial charge in [0.25, 0.3) is 5.91 Å². The minimum Gasteiger partial charge on any atom is -0.298 e. The van der Waals surface area contributed by atoms with Gasteiger partial charge < -0.3 is 0 Å². The molecule has 1 aromatic heterocycles. The van der Waals surface area contributed by atoms with Gasteiger partial charge in [0.15, 0.2) is 5.13 Å². The van der Waals surface area contributed by atoms with Gasteiger partial charge in [-0.15, -0.1) is 11.3 Å². The molecule has 122 valence electrons. The Bertz CT molecular complexity index is 807. The number of nitrogens with one attached hydrogen (secondary N) is 1. The van der Waals surface area contributed by atoms with Crippen molar-refractivity contribution in [1.82, 2.24) is 9.29 Å². The van der Waals surface area contributed by atoms with Crippen molar-refractivity contribution in [3.63, 3.8) is 0 Å². The number of aromatic nitrogens is 1. The Morgan fingerprint density at radius 1 is 1.22 bits per heavy atom. The van der Waals surface area contributed by atoms with Crippen LogP contribution >= 0.6 is 11.3 Å². The molecule has 0 bridgehead atoms. The number of carbonyl (C=O) groups is 1. The maximum atomic E-state index is 12.4. The van der Waals surface area contributed by atoms with Crippen LogP contribution in [0.1, 0.15) is 28.1 Å². The molecular formula is C15H17N3O3S2. The number of sulfonamides is 1. The summed E-state index contributed by atoms with van der Waals surface area (Å²) in [6, 6.07) is 6.02. The zero-order chi connectivity index (χ0) is 16.4. The molecule has 1 saturated heterocycles. The molecule has 0 saturated carbocycles. The number of amides is 1. The summed E-state index contributed by atoms with van der Waals surface area (Å²) in [5.74, 6) is -0.301. The van der Waals surface area contributed by atoms with E-state index in [-0.39, 0.29) is 10.8 Å². The van der Waals surface area contributed by atoms with Crippen LogP contribution in [0.3, 0.4) is 0 Å². The van der Waals surface area contributed by atoms with Crippen molar-refractivity contribution in [3.8, 4) is 0 Å². The van der Waals surface area contributed by atoms with E-state index in [2.05, 4.69) is 10.3 Å². The lowest BCUT2D eigenvalue weighted by Crippen LogP contribution is -2.27. The molecule has 0 aliphatic carbocycles. The Morgan fingerprint density at radius 2 is 1.87 bits per heavy atom. The van der Waals surface area contributed by atoms with E-state index in [1.54, 1.807) is 6.20 Å². The van der Waals surface area contributed by atoms with Gasteiger partial charge in [0.05, 0.1) is 4.90 Å². The van der Waals surface area contributed by atoms with Crippen LogP contribution in [0.2, 0.25) is 0 Å². The number of nitrogens with zero attached hydrogens (tertiary/aromatic N) is 2. The molecule has 0 radical (unpaired) electrons. The monoisotopic (exact) mass is 351 g/mol. The number of hydrogen-bond donors (Lipinski definition) is 1. The van der Waals surface area contributed by atoms with E-state index in [9.17, 15) is 13.2 Å². The van der Waals surface area contributed by atoms with Crippen molar-refractivity contribution in [1.29, 1.82) is 0 Å². The molecule has 1 aliphatic heterocycles. The van der Waals surface area contributed by atoms with Crippen molar-refractivity contribution >= 4 is 32.4 Å². The van der Waals surface area contributed by atoms with Crippen LogP contribution in [-0.2, 0) is 10.0 Å². The molecule has 6 nitrogen and oxygen atoms in total. The molecule has 3 rings (SSSR count). The molecule has 0 atom stereocenters. The van der Waals surface area contributed by atoms with Crippen LogP contribution in [0, 0.1) is 6.92 Å². The standard InChI is InChI=1S/C15H17N3O3S2/c1-11-10-16-15(22-11)17-14(19)12-4-6-13(7-5-12)23(20,21)18-8-2-3-9-18/h4-7,10H,2-3,8-9H2,1H3,(H,16,17,19). The van der Waals surface area contributed by atoms with Crippen molar-refractivity contribution in [2.75, 3.05) is 18.4 Å². The van der Waals surface area contributed by atoms with Gasteiger partial charge in [0.2, 0.25) is 10.0 Å². The first-order valence-corrected chi connectivity index (χ1v) is 9.56. The molecule has 0 unspecified atom stereocenters. The third-order valence-electron chi connectivity index (χ3n) is 3.66. The minimum atomic E-state index is -3.45. The molecule has 8 heteroatoms. The van der Waals surface area contributed by atoms with Crippen LogP contribution < -0.4 is 5.32 Å². The molecule has 2 aromatic rings. The maximum Gasteiger partial charge on any atom is 0.257 e. The Balaban J connectivity index is 1.75. The van der Waals surface area contributed by atoms with Crippen molar-refractivity contribution in [3.05, 3.63) is 40.9 Å². The lowest BCUT2D eigenvalue weighted by Gasteiger charge is -2.15. The highest BCUT2D eigenvalue weighted by molar-refractivity contribution is 7.89. The highest BCUT2D eigenvalue weighted by Gasteiger charge is 2.27. The Morgan fingerprint density at radius 3 is 2.43 bits per heavy atom. The van der Waals surface area contributed by atoms with Crippen molar-refractivity contribution < 1.29 is 13.2 Å². The molecule has 1 aliphatic rings. The van der Waals surface area contributed by atoms with Gasteiger partial charge in [-0.3, -0.25) is 10.1 Å². The number of carbonyl (C=O) groups excluding carboxylic acids is 1. The van der Waals surface area contributed by atoms with E-state index in [0.717, 1.165) is 17.7 Å². The Labute approximate surface area is 139 Å². The highest BCUT2D eigenvalue weighted by Crippen LogP contribution is 2.22. The number of aryl methyl sites for hydroxylation is 1. The third-order valence-corrected chi connectivity index (χ3v) is 6.40. The second kappa shape index (κ2) is 6.38. The van der Waals surface area contributed by atoms with E-state index in [4.69, 9.17) is 0 Å². The molecule has 1 fully saturated rings. The van der Waals surface area contributed by atoms with Crippen molar-refractivity contribution in [2.24, 2.45) is 0 Å². The Kier molecular flexibility index (Phi) is 4.47. The van der Waals surface area contributed by atoms with E-state index >= 15 is 0 Å². The van der Waals surface area contributed by atoms with Gasteiger partial charge in [0, 0.05) is 29.7 Å². The fourth-order valence-electron chi connectivity index (χ4n) is 2.44. The molecule has 1 amide bonds. The maximum absolute atomic E-state index is 12.4. The molecule has 23 heavy (non-hydrogen) atoms. The van der Waals surface area contributed by atoms with E-state index < -0.39 is 10.0 Å². The number of thiazole rings is 1. The first-order valence-electron chi connectivity index (χ1n) is 7.31. The van der Waals surface area contributed by atoms with Gasteiger partial charge in [-0.05, 0) is 44.0 Å². The van der Waals surface area contributed by atoms with Crippen LogP contribution in [0.25, 0.3) is 0 Å². The second-order valence-corrected chi connectivity index (χ2v) is 8.54. The summed E-state index contributed by atoms with van der Waals surface area (Å²) in [4.78, 5) is 17.4. The summed E-state index contributed by atoms with van der Waals surface area (Å²) < 4.78 is 26.3. The summed E-state index contributed by atoms with van der Waals surface area (Å²) in [6.45, 7) is 3.03. The molecule has 1 aromatic carbocycles. The van der Waals surface area contributed by atoms with E-state index in [0.29, 0.717) is 23.8 Å². The molecular weight excluding hydrogens is 334 g/mol. The summed E-state index contributed by atoms with van der Waals surface area (Å²) in [6.07, 6.45) is 3.48. The smallest absolute Gasteiger partial charge is 0.257 e. The summed E-state index contributed by atoms with van der Waals surface area (Å²) in [5, 5.41) is 3.23. The first kappa shape index (κ1) is 16.1. The minimum absolute atomic E-state index is 0.223. The number of rotatable bonds is 4. The van der Waals surface area contributed by atoms with Gasteiger partial charge >= 0.3 is 0 Å². The number of anilines is 1. The third kappa shape index (κ3) is 3.44. The normalized spacial score (nSPS) is 15.7. The zero-order valence-electron chi connectivity index (χ0n) is 12.7. The van der Waals surface area contributed by atoms with Gasteiger partial charge in [0.1, 0.15) is 0 Å². The fourth-order valence-corrected chi connectivity index (χ4v) is 4.61. The largest absolute Gasteiger partial charge is 0.298 e. The molecule has 2 heterocycles. The SMILES string of the molecule is Cc1cnc(NC(=O)c2ccc(S(=O)(=O)N3CCCC3)cc2)s1. The van der Waals surface area contributed by atoms with Gasteiger partial charge in [-0.1, -0.05) is 0 Å². The van der Waals surface area contributed by atoms with Crippen LogP contribution in [0.4, 0.5) is 5.13 Å². The number of benzene rings is 1.